The highest BCUT2D eigenvalue weighted by molar-refractivity contribution is 5.53. The highest BCUT2D eigenvalue weighted by Gasteiger charge is 2.30. The van der Waals surface area contributed by atoms with E-state index in [1.54, 1.807) is 0 Å². The molecule has 118 valence electrons. The van der Waals surface area contributed by atoms with Crippen LogP contribution in [0.4, 0.5) is 0 Å². The number of benzene rings is 1. The Bertz CT molecular complexity index is 640. The third-order valence-corrected chi connectivity index (χ3v) is 4.33. The lowest BCUT2D eigenvalue weighted by Crippen LogP contribution is -2.43. The van der Waals surface area contributed by atoms with Crippen LogP contribution in [0.2, 0.25) is 0 Å². The molecule has 5 heteroatoms. The molecule has 2 heterocycles. The van der Waals surface area contributed by atoms with E-state index in [0.29, 0.717) is 18.3 Å². The molecule has 1 atom stereocenters. The van der Waals surface area contributed by atoms with Crippen molar-refractivity contribution >= 4 is 0 Å². The van der Waals surface area contributed by atoms with E-state index >= 15 is 0 Å². The number of hydrogen-bond acceptors (Lipinski definition) is 5. The summed E-state index contributed by atoms with van der Waals surface area (Å²) < 4.78 is 5.80. The molecule has 1 N–H and O–H groups in total. The maximum absolute atomic E-state index is 9.53. The van der Waals surface area contributed by atoms with Gasteiger partial charge in [-0.05, 0) is 38.4 Å². The molecule has 0 spiro atoms. The maximum Gasteiger partial charge on any atom is 0.247 e. The van der Waals surface area contributed by atoms with Crippen LogP contribution in [0.1, 0.15) is 31.2 Å². The van der Waals surface area contributed by atoms with E-state index in [2.05, 4.69) is 22.0 Å². The molecule has 1 aromatic carbocycles. The van der Waals surface area contributed by atoms with Crippen LogP contribution in [0, 0.1) is 12.3 Å². The molecule has 1 unspecified atom stereocenters. The van der Waals surface area contributed by atoms with E-state index in [9.17, 15) is 5.11 Å². The van der Waals surface area contributed by atoms with Gasteiger partial charge < -0.3 is 9.52 Å². The van der Waals surface area contributed by atoms with Gasteiger partial charge in [-0.1, -0.05) is 24.6 Å². The second kappa shape index (κ2) is 6.18. The van der Waals surface area contributed by atoms with Gasteiger partial charge in [-0.2, -0.15) is 0 Å². The average molecular weight is 301 g/mol. The van der Waals surface area contributed by atoms with E-state index in [1.165, 1.54) is 5.56 Å². The smallest absolute Gasteiger partial charge is 0.247 e. The first-order valence-corrected chi connectivity index (χ1v) is 7.81. The predicted molar refractivity (Wildman–Crippen MR) is 84.2 cm³/mol. The van der Waals surface area contributed by atoms with Crippen molar-refractivity contribution in [3.63, 3.8) is 0 Å². The molecular weight excluding hydrogens is 278 g/mol. The van der Waals surface area contributed by atoms with Crippen molar-refractivity contribution in [2.24, 2.45) is 5.41 Å². The number of aliphatic hydroxyl groups excluding tert-OH is 1. The highest BCUT2D eigenvalue weighted by atomic mass is 16.4. The molecule has 0 amide bonds. The van der Waals surface area contributed by atoms with Crippen LogP contribution in [-0.4, -0.2) is 39.9 Å². The fourth-order valence-electron chi connectivity index (χ4n) is 3.09. The summed E-state index contributed by atoms with van der Waals surface area (Å²) >= 11 is 0. The van der Waals surface area contributed by atoms with E-state index in [1.807, 2.05) is 31.2 Å². The van der Waals surface area contributed by atoms with Crippen molar-refractivity contribution in [2.75, 3.05) is 19.7 Å². The Morgan fingerprint density at radius 3 is 3.00 bits per heavy atom. The molecule has 22 heavy (non-hydrogen) atoms. The molecule has 0 radical (unpaired) electrons. The van der Waals surface area contributed by atoms with Crippen LogP contribution in [0.3, 0.4) is 0 Å². The largest absolute Gasteiger partial charge is 0.419 e. The Morgan fingerprint density at radius 2 is 2.23 bits per heavy atom. The standard InChI is InChI=1S/C17H23N3O2/c1-13-5-3-6-14(9-13)16-19-18-15(22-16)10-20-8-4-7-17(2,11-20)12-21/h3,5-6,9,21H,4,7-8,10-12H2,1-2H3. The number of aromatic nitrogens is 2. The van der Waals surface area contributed by atoms with Gasteiger partial charge in [0.1, 0.15) is 0 Å². The molecule has 1 aliphatic heterocycles. The lowest BCUT2D eigenvalue weighted by molar-refractivity contribution is 0.0392. The highest BCUT2D eigenvalue weighted by Crippen LogP contribution is 2.29. The molecule has 1 aromatic heterocycles. The zero-order chi connectivity index (χ0) is 15.6. The zero-order valence-corrected chi connectivity index (χ0v) is 13.2. The average Bonchev–Trinajstić information content (AvgIpc) is 2.96. The van der Waals surface area contributed by atoms with Gasteiger partial charge in [-0.15, -0.1) is 10.2 Å². The van der Waals surface area contributed by atoms with Crippen LogP contribution < -0.4 is 0 Å². The van der Waals surface area contributed by atoms with Crippen molar-refractivity contribution in [1.29, 1.82) is 0 Å². The monoisotopic (exact) mass is 301 g/mol. The number of rotatable bonds is 4. The molecule has 0 aliphatic carbocycles. The molecule has 1 fully saturated rings. The van der Waals surface area contributed by atoms with Crippen LogP contribution >= 0.6 is 0 Å². The lowest BCUT2D eigenvalue weighted by atomic mass is 9.83. The molecule has 0 saturated carbocycles. The first kappa shape index (κ1) is 15.2. The number of aliphatic hydroxyl groups is 1. The van der Waals surface area contributed by atoms with Crippen molar-refractivity contribution < 1.29 is 9.52 Å². The van der Waals surface area contributed by atoms with Crippen LogP contribution in [-0.2, 0) is 6.54 Å². The summed E-state index contributed by atoms with van der Waals surface area (Å²) in [7, 11) is 0. The van der Waals surface area contributed by atoms with Gasteiger partial charge in [0.05, 0.1) is 6.54 Å². The summed E-state index contributed by atoms with van der Waals surface area (Å²) in [5, 5.41) is 17.9. The fourth-order valence-corrected chi connectivity index (χ4v) is 3.09. The Morgan fingerprint density at radius 1 is 1.36 bits per heavy atom. The van der Waals surface area contributed by atoms with Gasteiger partial charge in [-0.3, -0.25) is 4.90 Å². The van der Waals surface area contributed by atoms with Crippen molar-refractivity contribution in [1.82, 2.24) is 15.1 Å². The summed E-state index contributed by atoms with van der Waals surface area (Å²) in [5.74, 6) is 1.21. The molecule has 0 bridgehead atoms. The number of piperidine rings is 1. The first-order valence-electron chi connectivity index (χ1n) is 7.81. The van der Waals surface area contributed by atoms with Gasteiger partial charge in [-0.25, -0.2) is 0 Å². The third kappa shape index (κ3) is 3.36. The van der Waals surface area contributed by atoms with Crippen molar-refractivity contribution in [2.45, 2.75) is 33.2 Å². The SMILES string of the molecule is Cc1cccc(-c2nnc(CN3CCCC(C)(CO)C3)o2)c1. The number of likely N-dealkylation sites (tertiary alicyclic amines) is 1. The van der Waals surface area contributed by atoms with Gasteiger partial charge in [0, 0.05) is 24.1 Å². The predicted octanol–water partition coefficient (Wildman–Crippen LogP) is 2.64. The van der Waals surface area contributed by atoms with Gasteiger partial charge in [0.25, 0.3) is 0 Å². The summed E-state index contributed by atoms with van der Waals surface area (Å²) in [5.41, 5.74) is 2.11. The normalized spacial score (nSPS) is 22.9. The van der Waals surface area contributed by atoms with Crippen LogP contribution in [0.25, 0.3) is 11.5 Å². The fraction of sp³-hybridized carbons (Fsp3) is 0.529. The molecular formula is C17H23N3O2. The number of aryl methyl sites for hydroxylation is 1. The van der Waals surface area contributed by atoms with Gasteiger partial charge in [0.2, 0.25) is 11.8 Å². The molecule has 2 aromatic rings. The minimum atomic E-state index is -0.0162. The Balaban J connectivity index is 1.69. The van der Waals surface area contributed by atoms with E-state index in [4.69, 9.17) is 4.42 Å². The minimum absolute atomic E-state index is 0.0162. The van der Waals surface area contributed by atoms with E-state index < -0.39 is 0 Å². The second-order valence-electron chi connectivity index (χ2n) is 6.65. The Labute approximate surface area is 131 Å². The second-order valence-corrected chi connectivity index (χ2v) is 6.65. The molecule has 3 rings (SSSR count). The summed E-state index contributed by atoms with van der Waals surface area (Å²) in [6.45, 7) is 6.93. The zero-order valence-electron chi connectivity index (χ0n) is 13.2. The van der Waals surface area contributed by atoms with Crippen molar-refractivity contribution in [3.05, 3.63) is 35.7 Å². The molecule has 5 nitrogen and oxygen atoms in total. The van der Waals surface area contributed by atoms with Gasteiger partial charge in [0.15, 0.2) is 0 Å². The summed E-state index contributed by atoms with van der Waals surface area (Å²) in [6, 6.07) is 8.06. The topological polar surface area (TPSA) is 62.4 Å². The minimum Gasteiger partial charge on any atom is -0.419 e. The summed E-state index contributed by atoms with van der Waals surface area (Å²) in [6.07, 6.45) is 2.16. The van der Waals surface area contributed by atoms with Crippen molar-refractivity contribution in [3.8, 4) is 11.5 Å². The number of hydrogen-bond donors (Lipinski definition) is 1. The van der Waals surface area contributed by atoms with E-state index in [0.717, 1.165) is 31.5 Å². The molecule has 1 aliphatic rings. The lowest BCUT2D eigenvalue weighted by Gasteiger charge is -2.38. The third-order valence-electron chi connectivity index (χ3n) is 4.33. The summed E-state index contributed by atoms with van der Waals surface area (Å²) in [4.78, 5) is 2.28. The van der Waals surface area contributed by atoms with E-state index in [-0.39, 0.29) is 12.0 Å². The Hall–Kier alpha value is -1.72. The van der Waals surface area contributed by atoms with Crippen LogP contribution in [0.15, 0.2) is 28.7 Å². The quantitative estimate of drug-likeness (QED) is 0.940. The van der Waals surface area contributed by atoms with Gasteiger partial charge >= 0.3 is 0 Å². The first-order chi connectivity index (χ1) is 10.6. The maximum atomic E-state index is 9.53. The number of nitrogens with zero attached hydrogens (tertiary/aromatic N) is 3. The Kier molecular flexibility index (Phi) is 4.27. The van der Waals surface area contributed by atoms with Crippen LogP contribution in [0.5, 0.6) is 0 Å². The molecule has 1 saturated heterocycles.